The van der Waals surface area contributed by atoms with E-state index < -0.39 is 0 Å². The van der Waals surface area contributed by atoms with Gasteiger partial charge in [0.25, 0.3) is 0 Å². The average molecular weight is 246 g/mol. The zero-order valence-corrected chi connectivity index (χ0v) is 10.4. The molecule has 0 aliphatic heterocycles. The van der Waals surface area contributed by atoms with Gasteiger partial charge in [0.2, 0.25) is 5.75 Å². The Morgan fingerprint density at radius 3 is 2.56 bits per heavy atom. The summed E-state index contributed by atoms with van der Waals surface area (Å²) < 4.78 is 10.2. The Hall–Kier alpha value is -1.13. The van der Waals surface area contributed by atoms with E-state index in [0.29, 0.717) is 28.5 Å². The van der Waals surface area contributed by atoms with Gasteiger partial charge in [-0.2, -0.15) is 0 Å². The van der Waals surface area contributed by atoms with E-state index in [-0.39, 0.29) is 5.75 Å². The van der Waals surface area contributed by atoms with Crippen LogP contribution >= 0.6 is 11.6 Å². The van der Waals surface area contributed by atoms with Crippen LogP contribution in [-0.2, 0) is 6.42 Å². The van der Waals surface area contributed by atoms with Crippen LogP contribution in [0.15, 0.2) is 6.07 Å². The average Bonchev–Trinajstić information content (AvgIpc) is 2.28. The van der Waals surface area contributed by atoms with Gasteiger partial charge in [0.15, 0.2) is 11.5 Å². The van der Waals surface area contributed by atoms with Gasteiger partial charge in [-0.05, 0) is 20.0 Å². The van der Waals surface area contributed by atoms with E-state index in [1.807, 2.05) is 7.05 Å². The minimum absolute atomic E-state index is 0.0436. The van der Waals surface area contributed by atoms with Crippen LogP contribution in [0.2, 0.25) is 5.02 Å². The number of hydrogen-bond acceptors (Lipinski definition) is 4. The lowest BCUT2D eigenvalue weighted by molar-refractivity contribution is 0.331. The molecular formula is C11H16ClNO3. The van der Waals surface area contributed by atoms with Crippen LogP contribution in [0.4, 0.5) is 0 Å². The van der Waals surface area contributed by atoms with Crippen molar-refractivity contribution in [2.75, 3.05) is 27.8 Å². The predicted octanol–water partition coefficient (Wildman–Crippen LogP) is 1.82. The van der Waals surface area contributed by atoms with Crippen LogP contribution in [-0.4, -0.2) is 32.9 Å². The second-order valence-corrected chi connectivity index (χ2v) is 3.68. The molecule has 0 spiro atoms. The van der Waals surface area contributed by atoms with Crippen LogP contribution in [0.1, 0.15) is 5.56 Å². The second-order valence-electron chi connectivity index (χ2n) is 3.27. The highest BCUT2D eigenvalue weighted by Crippen LogP contribution is 2.43. The molecule has 1 rings (SSSR count). The first-order valence-corrected chi connectivity index (χ1v) is 5.30. The molecule has 0 heterocycles. The lowest BCUT2D eigenvalue weighted by Gasteiger charge is -2.14. The summed E-state index contributed by atoms with van der Waals surface area (Å²) in [5.41, 5.74) is 0.661. The van der Waals surface area contributed by atoms with Gasteiger partial charge in [-0.25, -0.2) is 0 Å². The molecule has 4 nitrogen and oxygen atoms in total. The van der Waals surface area contributed by atoms with E-state index in [0.717, 1.165) is 6.54 Å². The molecule has 0 aliphatic carbocycles. The maximum Gasteiger partial charge on any atom is 0.203 e. The molecule has 0 aliphatic rings. The van der Waals surface area contributed by atoms with E-state index in [2.05, 4.69) is 5.32 Å². The summed E-state index contributed by atoms with van der Waals surface area (Å²) in [7, 11) is 4.82. The highest BCUT2D eigenvalue weighted by molar-refractivity contribution is 6.31. The van der Waals surface area contributed by atoms with Crippen molar-refractivity contribution in [3.05, 3.63) is 16.7 Å². The van der Waals surface area contributed by atoms with Crippen molar-refractivity contribution >= 4 is 11.6 Å². The van der Waals surface area contributed by atoms with Crippen LogP contribution in [0.5, 0.6) is 17.2 Å². The van der Waals surface area contributed by atoms with E-state index in [1.165, 1.54) is 14.2 Å². The number of benzene rings is 1. The predicted molar refractivity (Wildman–Crippen MR) is 63.9 cm³/mol. The normalized spacial score (nSPS) is 10.2. The third-order valence-corrected chi connectivity index (χ3v) is 2.66. The molecule has 0 bridgehead atoms. The van der Waals surface area contributed by atoms with Gasteiger partial charge < -0.3 is 19.9 Å². The maximum atomic E-state index is 9.99. The Labute approximate surface area is 100 Å². The molecule has 0 radical (unpaired) electrons. The molecule has 90 valence electrons. The molecule has 0 aromatic heterocycles. The molecule has 0 saturated heterocycles. The number of ether oxygens (including phenoxy) is 2. The quantitative estimate of drug-likeness (QED) is 0.831. The fraction of sp³-hybridized carbons (Fsp3) is 0.455. The number of phenolic OH excluding ortho intramolecular Hbond substituents is 1. The van der Waals surface area contributed by atoms with Gasteiger partial charge in [-0.1, -0.05) is 11.6 Å². The van der Waals surface area contributed by atoms with E-state index >= 15 is 0 Å². The molecule has 2 N–H and O–H groups in total. The summed E-state index contributed by atoms with van der Waals surface area (Å²) >= 11 is 6.05. The molecule has 5 heteroatoms. The SMILES string of the molecule is CNCCc1c(Cl)cc(OC)c(OC)c1O. The van der Waals surface area contributed by atoms with Crippen molar-refractivity contribution < 1.29 is 14.6 Å². The zero-order valence-electron chi connectivity index (χ0n) is 9.63. The Balaban J connectivity index is 3.18. The van der Waals surface area contributed by atoms with Gasteiger partial charge in [0, 0.05) is 11.6 Å². The number of hydrogen-bond donors (Lipinski definition) is 2. The maximum absolute atomic E-state index is 9.99. The van der Waals surface area contributed by atoms with Crippen molar-refractivity contribution in [2.45, 2.75) is 6.42 Å². The summed E-state index contributed by atoms with van der Waals surface area (Å²) in [4.78, 5) is 0. The first kappa shape index (κ1) is 12.9. The Bertz CT molecular complexity index is 369. The Kier molecular flexibility index (Phi) is 4.71. The molecule has 0 amide bonds. The van der Waals surface area contributed by atoms with Crippen LogP contribution in [0.25, 0.3) is 0 Å². The van der Waals surface area contributed by atoms with E-state index in [9.17, 15) is 5.11 Å². The Morgan fingerprint density at radius 2 is 2.06 bits per heavy atom. The van der Waals surface area contributed by atoms with E-state index in [4.69, 9.17) is 21.1 Å². The monoisotopic (exact) mass is 245 g/mol. The van der Waals surface area contributed by atoms with Crippen molar-refractivity contribution in [3.8, 4) is 17.2 Å². The number of nitrogens with one attached hydrogen (secondary N) is 1. The summed E-state index contributed by atoms with van der Waals surface area (Å²) in [5, 5.41) is 13.5. The first-order valence-electron chi connectivity index (χ1n) is 4.92. The largest absolute Gasteiger partial charge is 0.504 e. The molecular weight excluding hydrogens is 230 g/mol. The minimum Gasteiger partial charge on any atom is -0.504 e. The van der Waals surface area contributed by atoms with Crippen molar-refractivity contribution in [2.24, 2.45) is 0 Å². The molecule has 0 atom stereocenters. The van der Waals surface area contributed by atoms with Crippen LogP contribution in [0.3, 0.4) is 0 Å². The van der Waals surface area contributed by atoms with Crippen molar-refractivity contribution in [1.82, 2.24) is 5.32 Å². The summed E-state index contributed by atoms with van der Waals surface area (Å²) in [6.07, 6.45) is 0.627. The molecule has 1 aromatic carbocycles. The smallest absolute Gasteiger partial charge is 0.203 e. The van der Waals surface area contributed by atoms with Crippen molar-refractivity contribution in [3.63, 3.8) is 0 Å². The van der Waals surface area contributed by atoms with Crippen LogP contribution in [0, 0.1) is 0 Å². The fourth-order valence-electron chi connectivity index (χ4n) is 1.47. The van der Waals surface area contributed by atoms with Crippen LogP contribution < -0.4 is 14.8 Å². The fourth-order valence-corrected chi connectivity index (χ4v) is 1.75. The standard InChI is InChI=1S/C11H16ClNO3/c1-13-5-4-7-8(12)6-9(15-2)11(16-3)10(7)14/h6,13-14H,4-5H2,1-3H3. The van der Waals surface area contributed by atoms with Gasteiger partial charge in [-0.15, -0.1) is 0 Å². The number of methoxy groups -OCH3 is 2. The number of likely N-dealkylation sites (N-methyl/N-ethyl adjacent to an activating group) is 1. The van der Waals surface area contributed by atoms with Gasteiger partial charge in [0.1, 0.15) is 0 Å². The van der Waals surface area contributed by atoms with Gasteiger partial charge >= 0.3 is 0 Å². The molecule has 0 saturated carbocycles. The number of halogens is 1. The molecule has 16 heavy (non-hydrogen) atoms. The lowest BCUT2D eigenvalue weighted by atomic mass is 10.1. The highest BCUT2D eigenvalue weighted by atomic mass is 35.5. The molecule has 0 fully saturated rings. The number of rotatable bonds is 5. The molecule has 1 aromatic rings. The number of phenols is 1. The first-order chi connectivity index (χ1) is 7.65. The highest BCUT2D eigenvalue weighted by Gasteiger charge is 2.17. The third kappa shape index (κ3) is 2.51. The topological polar surface area (TPSA) is 50.7 Å². The van der Waals surface area contributed by atoms with Gasteiger partial charge in [-0.3, -0.25) is 0 Å². The molecule has 0 unspecified atom stereocenters. The second kappa shape index (κ2) is 5.82. The Morgan fingerprint density at radius 1 is 1.38 bits per heavy atom. The van der Waals surface area contributed by atoms with E-state index in [1.54, 1.807) is 6.07 Å². The van der Waals surface area contributed by atoms with Gasteiger partial charge in [0.05, 0.1) is 19.2 Å². The zero-order chi connectivity index (χ0) is 12.1. The van der Waals surface area contributed by atoms with Crippen molar-refractivity contribution in [1.29, 1.82) is 0 Å². The minimum atomic E-state index is 0.0436. The lowest BCUT2D eigenvalue weighted by Crippen LogP contribution is -2.11. The summed E-state index contributed by atoms with van der Waals surface area (Å²) in [5.74, 6) is 0.790. The number of aromatic hydroxyl groups is 1. The summed E-state index contributed by atoms with van der Waals surface area (Å²) in [6.45, 7) is 0.725. The third-order valence-electron chi connectivity index (χ3n) is 2.32. The summed E-state index contributed by atoms with van der Waals surface area (Å²) in [6, 6.07) is 1.64.